The summed E-state index contributed by atoms with van der Waals surface area (Å²) in [6.45, 7) is 4.14. The summed E-state index contributed by atoms with van der Waals surface area (Å²) in [6, 6.07) is 7.99. The van der Waals surface area contributed by atoms with Crippen molar-refractivity contribution in [2.24, 2.45) is 9.98 Å². The van der Waals surface area contributed by atoms with Crippen LogP contribution in [0.25, 0.3) is 0 Å². The SMILES string of the molecule is CCC=CC1(C)N=c2ccccc2=N1. The standard InChI is InChI=1S/C12H14N2/c1-3-4-9-12(2)13-10-7-5-6-8-11(10)14-12/h4-9H,3H2,1-2H3. The van der Waals surface area contributed by atoms with Crippen molar-refractivity contribution in [2.45, 2.75) is 25.9 Å². The van der Waals surface area contributed by atoms with Gasteiger partial charge in [0.25, 0.3) is 0 Å². The number of hydrogen-bond acceptors (Lipinski definition) is 2. The molecule has 2 nitrogen and oxygen atoms in total. The van der Waals surface area contributed by atoms with Crippen molar-refractivity contribution in [3.63, 3.8) is 0 Å². The van der Waals surface area contributed by atoms with Crippen molar-refractivity contribution in [3.8, 4) is 0 Å². The predicted molar refractivity (Wildman–Crippen MR) is 56.6 cm³/mol. The van der Waals surface area contributed by atoms with E-state index >= 15 is 0 Å². The van der Waals surface area contributed by atoms with Crippen LogP contribution in [-0.2, 0) is 0 Å². The molecule has 0 N–H and O–H groups in total. The largest absolute Gasteiger partial charge is 0.250 e. The molecule has 0 spiro atoms. The van der Waals surface area contributed by atoms with Gasteiger partial charge in [0.05, 0.1) is 10.7 Å². The zero-order chi connectivity index (χ0) is 10.0. The van der Waals surface area contributed by atoms with E-state index in [0.29, 0.717) is 0 Å². The second kappa shape index (κ2) is 3.37. The molecule has 1 aliphatic heterocycles. The van der Waals surface area contributed by atoms with E-state index in [1.807, 2.05) is 31.2 Å². The van der Waals surface area contributed by atoms with E-state index in [-0.39, 0.29) is 5.66 Å². The Morgan fingerprint density at radius 2 is 1.79 bits per heavy atom. The second-order valence-corrected chi connectivity index (χ2v) is 3.62. The Kier molecular flexibility index (Phi) is 2.20. The summed E-state index contributed by atoms with van der Waals surface area (Å²) >= 11 is 0. The lowest BCUT2D eigenvalue weighted by atomic mass is 10.2. The van der Waals surface area contributed by atoms with Crippen molar-refractivity contribution < 1.29 is 0 Å². The molecule has 2 rings (SSSR count). The number of nitrogens with zero attached hydrogens (tertiary/aromatic N) is 2. The van der Waals surface area contributed by atoms with E-state index in [1.165, 1.54) is 0 Å². The van der Waals surface area contributed by atoms with Gasteiger partial charge < -0.3 is 0 Å². The van der Waals surface area contributed by atoms with Gasteiger partial charge in [-0.3, -0.25) is 0 Å². The highest BCUT2D eigenvalue weighted by Gasteiger charge is 2.20. The van der Waals surface area contributed by atoms with E-state index in [4.69, 9.17) is 0 Å². The van der Waals surface area contributed by atoms with Gasteiger partial charge in [0.2, 0.25) is 0 Å². The topological polar surface area (TPSA) is 24.7 Å². The van der Waals surface area contributed by atoms with Crippen molar-refractivity contribution in [1.29, 1.82) is 0 Å². The summed E-state index contributed by atoms with van der Waals surface area (Å²) in [4.78, 5) is 9.14. The predicted octanol–water partition coefficient (Wildman–Crippen LogP) is 1.62. The van der Waals surface area contributed by atoms with Crippen molar-refractivity contribution >= 4 is 0 Å². The first kappa shape index (κ1) is 9.13. The Morgan fingerprint density at radius 3 is 2.29 bits per heavy atom. The highest BCUT2D eigenvalue weighted by Crippen LogP contribution is 2.14. The lowest BCUT2D eigenvalue weighted by molar-refractivity contribution is 0.616. The molecular weight excluding hydrogens is 172 g/mol. The minimum atomic E-state index is -0.375. The first-order valence-corrected chi connectivity index (χ1v) is 4.96. The van der Waals surface area contributed by atoms with Crippen molar-refractivity contribution in [1.82, 2.24) is 0 Å². The number of rotatable bonds is 2. The van der Waals surface area contributed by atoms with Crippen LogP contribution in [0.1, 0.15) is 20.3 Å². The summed E-state index contributed by atoms with van der Waals surface area (Å²) in [6.07, 6.45) is 5.20. The Bertz CT molecular complexity index is 436. The van der Waals surface area contributed by atoms with Crippen LogP contribution >= 0.6 is 0 Å². The van der Waals surface area contributed by atoms with Gasteiger partial charge in [0.1, 0.15) is 0 Å². The number of allylic oxidation sites excluding steroid dienone is 1. The first-order chi connectivity index (χ1) is 6.73. The average molecular weight is 186 g/mol. The zero-order valence-electron chi connectivity index (χ0n) is 8.57. The fourth-order valence-corrected chi connectivity index (χ4v) is 1.58. The van der Waals surface area contributed by atoms with Gasteiger partial charge in [-0.1, -0.05) is 25.1 Å². The quantitative estimate of drug-likeness (QED) is 0.627. The van der Waals surface area contributed by atoms with E-state index in [9.17, 15) is 0 Å². The van der Waals surface area contributed by atoms with Crippen LogP contribution in [0.15, 0.2) is 46.4 Å². The molecule has 0 saturated carbocycles. The maximum atomic E-state index is 4.57. The average Bonchev–Trinajstić information content (AvgIpc) is 2.51. The Labute approximate surface area is 83.7 Å². The fourth-order valence-electron chi connectivity index (χ4n) is 1.58. The van der Waals surface area contributed by atoms with E-state index in [1.54, 1.807) is 0 Å². The van der Waals surface area contributed by atoms with E-state index < -0.39 is 0 Å². The monoisotopic (exact) mass is 186 g/mol. The highest BCUT2D eigenvalue weighted by molar-refractivity contribution is 5.12. The third kappa shape index (κ3) is 1.60. The number of fused-ring (bicyclic) bond motifs is 1. The Morgan fingerprint density at radius 1 is 1.21 bits per heavy atom. The summed E-state index contributed by atoms with van der Waals surface area (Å²) in [5.41, 5.74) is -0.375. The third-order valence-electron chi connectivity index (χ3n) is 2.24. The molecule has 0 fully saturated rings. The molecule has 0 unspecified atom stereocenters. The summed E-state index contributed by atoms with van der Waals surface area (Å²) in [5.74, 6) is 0. The molecular formula is C12H14N2. The van der Waals surface area contributed by atoms with Crippen LogP contribution in [0.5, 0.6) is 0 Å². The molecule has 0 aliphatic carbocycles. The summed E-state index contributed by atoms with van der Waals surface area (Å²) in [5, 5.41) is 1.99. The molecule has 72 valence electrons. The van der Waals surface area contributed by atoms with Gasteiger partial charge in [-0.25, -0.2) is 9.98 Å². The molecule has 1 aromatic rings. The summed E-state index contributed by atoms with van der Waals surface area (Å²) in [7, 11) is 0. The van der Waals surface area contributed by atoms with E-state index in [0.717, 1.165) is 17.1 Å². The van der Waals surface area contributed by atoms with Gasteiger partial charge in [-0.05, 0) is 31.6 Å². The van der Waals surface area contributed by atoms with Crippen LogP contribution in [-0.4, -0.2) is 5.66 Å². The normalized spacial score (nSPS) is 17.6. The third-order valence-corrected chi connectivity index (χ3v) is 2.24. The molecule has 0 saturated heterocycles. The van der Waals surface area contributed by atoms with Gasteiger partial charge in [-0.15, -0.1) is 0 Å². The van der Waals surface area contributed by atoms with E-state index in [2.05, 4.69) is 29.1 Å². The number of para-hydroxylation sites is 2. The molecule has 0 bridgehead atoms. The molecule has 0 amide bonds. The maximum Gasteiger partial charge on any atom is 0.167 e. The van der Waals surface area contributed by atoms with Gasteiger partial charge in [0, 0.05) is 0 Å². The number of benzene rings is 1. The van der Waals surface area contributed by atoms with Crippen LogP contribution < -0.4 is 10.7 Å². The molecule has 1 aromatic carbocycles. The zero-order valence-corrected chi connectivity index (χ0v) is 8.57. The number of hydrogen-bond donors (Lipinski definition) is 0. The lowest BCUT2D eigenvalue weighted by Gasteiger charge is -2.10. The van der Waals surface area contributed by atoms with Crippen molar-refractivity contribution in [3.05, 3.63) is 47.1 Å². The Balaban J connectivity index is 2.48. The smallest absolute Gasteiger partial charge is 0.167 e. The lowest BCUT2D eigenvalue weighted by Crippen LogP contribution is -2.19. The minimum absolute atomic E-state index is 0.375. The molecule has 0 atom stereocenters. The molecule has 0 aromatic heterocycles. The minimum Gasteiger partial charge on any atom is -0.250 e. The molecule has 0 radical (unpaired) electrons. The first-order valence-electron chi connectivity index (χ1n) is 4.96. The van der Waals surface area contributed by atoms with Gasteiger partial charge in [0.15, 0.2) is 5.66 Å². The van der Waals surface area contributed by atoms with Crippen molar-refractivity contribution in [2.75, 3.05) is 0 Å². The maximum absolute atomic E-state index is 4.57. The van der Waals surface area contributed by atoms with Crippen LogP contribution in [0.2, 0.25) is 0 Å². The van der Waals surface area contributed by atoms with Crippen LogP contribution in [0.3, 0.4) is 0 Å². The molecule has 14 heavy (non-hydrogen) atoms. The highest BCUT2D eigenvalue weighted by atomic mass is 15.1. The molecule has 1 aliphatic rings. The molecule has 2 heteroatoms. The fraction of sp³-hybridized carbons (Fsp3) is 0.333. The van der Waals surface area contributed by atoms with Gasteiger partial charge in [-0.2, -0.15) is 0 Å². The van der Waals surface area contributed by atoms with Crippen LogP contribution in [0.4, 0.5) is 0 Å². The Hall–Kier alpha value is -1.44. The van der Waals surface area contributed by atoms with Gasteiger partial charge >= 0.3 is 0 Å². The second-order valence-electron chi connectivity index (χ2n) is 3.62. The summed E-state index contributed by atoms with van der Waals surface area (Å²) < 4.78 is 0. The molecule has 1 heterocycles. The van der Waals surface area contributed by atoms with Crippen LogP contribution in [0, 0.1) is 0 Å².